The van der Waals surface area contributed by atoms with Gasteiger partial charge in [0, 0.05) is 17.8 Å². The number of nitrogens with zero attached hydrogens (tertiary/aromatic N) is 4. The molecular weight excluding hydrogens is 371 g/mol. The highest BCUT2D eigenvalue weighted by Crippen LogP contribution is 2.17. The van der Waals surface area contributed by atoms with E-state index in [-0.39, 0.29) is 23.7 Å². The summed E-state index contributed by atoms with van der Waals surface area (Å²) in [6.45, 7) is 0.617. The molecule has 3 aromatic rings. The molecular formula is C18H13FN4O3S. The number of nitro groups is 1. The second-order valence-corrected chi connectivity index (χ2v) is 6.94. The summed E-state index contributed by atoms with van der Waals surface area (Å²) < 4.78 is 15.5. The molecule has 4 rings (SSSR count). The van der Waals surface area contributed by atoms with Crippen LogP contribution in [0.25, 0.3) is 6.08 Å². The van der Waals surface area contributed by atoms with Crippen molar-refractivity contribution in [3.8, 4) is 0 Å². The molecule has 2 heterocycles. The summed E-state index contributed by atoms with van der Waals surface area (Å²) >= 11 is 1.26. The zero-order chi connectivity index (χ0) is 19.0. The molecule has 136 valence electrons. The normalized spacial score (nSPS) is 14.0. The van der Waals surface area contributed by atoms with Crippen LogP contribution in [0.1, 0.15) is 5.56 Å². The maximum Gasteiger partial charge on any atom is 0.271 e. The molecule has 1 aromatic heterocycles. The largest absolute Gasteiger partial charge is 0.333 e. The van der Waals surface area contributed by atoms with Crippen LogP contribution in [-0.4, -0.2) is 16.2 Å². The molecule has 1 aliphatic rings. The standard InChI is InChI=1S/C18H13FN4O3S/c19-13-2-1-3-15(9-13)21-10-20-18-22(11-21)17(24)16(27-18)8-12-4-6-14(7-5-12)23(25)26/h1-9H,10-11H2. The predicted molar refractivity (Wildman–Crippen MR) is 99.8 cm³/mol. The van der Waals surface area contributed by atoms with Gasteiger partial charge in [0.15, 0.2) is 4.80 Å². The number of rotatable bonds is 3. The first-order valence-electron chi connectivity index (χ1n) is 8.02. The number of halogens is 1. The van der Waals surface area contributed by atoms with E-state index in [1.165, 1.54) is 40.2 Å². The number of aromatic nitrogens is 1. The maximum atomic E-state index is 13.5. The van der Waals surface area contributed by atoms with Gasteiger partial charge in [0.05, 0.1) is 9.46 Å². The van der Waals surface area contributed by atoms with Crippen LogP contribution in [0.15, 0.2) is 58.3 Å². The minimum absolute atomic E-state index is 0.00455. The third kappa shape index (κ3) is 3.36. The number of thiazole rings is 1. The average molecular weight is 384 g/mol. The van der Waals surface area contributed by atoms with Gasteiger partial charge in [-0.3, -0.25) is 19.5 Å². The molecule has 0 N–H and O–H groups in total. The van der Waals surface area contributed by atoms with Gasteiger partial charge in [-0.1, -0.05) is 17.4 Å². The Hall–Kier alpha value is -3.33. The number of hydrogen-bond donors (Lipinski definition) is 0. The molecule has 0 unspecified atom stereocenters. The van der Waals surface area contributed by atoms with E-state index >= 15 is 0 Å². The van der Waals surface area contributed by atoms with Gasteiger partial charge in [0.1, 0.15) is 19.2 Å². The van der Waals surface area contributed by atoms with E-state index in [4.69, 9.17) is 0 Å². The van der Waals surface area contributed by atoms with Gasteiger partial charge in [0.25, 0.3) is 11.2 Å². The van der Waals surface area contributed by atoms with Crippen LogP contribution in [0.2, 0.25) is 0 Å². The van der Waals surface area contributed by atoms with E-state index in [0.717, 1.165) is 0 Å². The minimum atomic E-state index is -0.470. The Morgan fingerprint density at radius 3 is 2.70 bits per heavy atom. The highest BCUT2D eigenvalue weighted by Gasteiger charge is 2.16. The number of anilines is 1. The highest BCUT2D eigenvalue weighted by atomic mass is 32.1. The smallest absolute Gasteiger partial charge is 0.271 e. The maximum absolute atomic E-state index is 13.5. The number of fused-ring (bicyclic) bond motifs is 1. The summed E-state index contributed by atoms with van der Waals surface area (Å²) in [4.78, 5) is 29.8. The topological polar surface area (TPSA) is 80.7 Å². The van der Waals surface area contributed by atoms with Crippen LogP contribution in [0.4, 0.5) is 15.8 Å². The summed E-state index contributed by atoms with van der Waals surface area (Å²) in [5, 5.41) is 10.7. The van der Waals surface area contributed by atoms with Crippen molar-refractivity contribution in [1.29, 1.82) is 0 Å². The first-order valence-corrected chi connectivity index (χ1v) is 8.84. The van der Waals surface area contributed by atoms with Crippen molar-refractivity contribution in [2.24, 2.45) is 4.99 Å². The van der Waals surface area contributed by atoms with Gasteiger partial charge >= 0.3 is 0 Å². The van der Waals surface area contributed by atoms with Crippen LogP contribution >= 0.6 is 11.3 Å². The van der Waals surface area contributed by atoms with Gasteiger partial charge < -0.3 is 4.90 Å². The van der Waals surface area contributed by atoms with Crippen LogP contribution in [0.3, 0.4) is 0 Å². The minimum Gasteiger partial charge on any atom is -0.333 e. The summed E-state index contributed by atoms with van der Waals surface area (Å²) in [6, 6.07) is 12.1. The Morgan fingerprint density at radius 1 is 1.22 bits per heavy atom. The van der Waals surface area contributed by atoms with E-state index in [2.05, 4.69) is 4.99 Å². The van der Waals surface area contributed by atoms with Crippen molar-refractivity contribution < 1.29 is 9.31 Å². The quantitative estimate of drug-likeness (QED) is 0.510. The summed E-state index contributed by atoms with van der Waals surface area (Å²) in [7, 11) is 0. The third-order valence-corrected chi connectivity index (χ3v) is 5.20. The van der Waals surface area contributed by atoms with Gasteiger partial charge in [-0.25, -0.2) is 9.38 Å². The highest BCUT2D eigenvalue weighted by molar-refractivity contribution is 7.07. The second kappa shape index (κ2) is 6.76. The first kappa shape index (κ1) is 17.1. The molecule has 0 saturated heterocycles. The lowest BCUT2D eigenvalue weighted by Gasteiger charge is -2.25. The van der Waals surface area contributed by atoms with Crippen molar-refractivity contribution in [3.05, 3.63) is 89.7 Å². The Bertz CT molecular complexity index is 1200. The molecule has 1 aliphatic heterocycles. The molecule has 0 radical (unpaired) electrons. The first-order chi connectivity index (χ1) is 13.0. The fraction of sp³-hybridized carbons (Fsp3) is 0.111. The average Bonchev–Trinajstić information content (AvgIpc) is 2.97. The molecule has 0 bridgehead atoms. The Morgan fingerprint density at radius 2 is 2.00 bits per heavy atom. The van der Waals surface area contributed by atoms with Crippen molar-refractivity contribution >= 4 is 28.8 Å². The molecule has 0 spiro atoms. The summed E-state index contributed by atoms with van der Waals surface area (Å²) in [5.74, 6) is -0.344. The lowest BCUT2D eigenvalue weighted by atomic mass is 10.2. The van der Waals surface area contributed by atoms with Gasteiger partial charge in [-0.05, 0) is 42.0 Å². The Balaban J connectivity index is 1.68. The monoisotopic (exact) mass is 384 g/mol. The second-order valence-electron chi connectivity index (χ2n) is 5.94. The molecule has 9 heteroatoms. The van der Waals surface area contributed by atoms with E-state index in [0.29, 0.717) is 27.3 Å². The molecule has 0 atom stereocenters. The molecule has 7 nitrogen and oxygen atoms in total. The molecule has 2 aromatic carbocycles. The molecule has 0 fully saturated rings. The van der Waals surface area contributed by atoms with Gasteiger partial charge in [0.2, 0.25) is 0 Å². The number of hydrogen-bond acceptors (Lipinski definition) is 6. The summed E-state index contributed by atoms with van der Waals surface area (Å²) in [5.41, 5.74) is 1.15. The van der Waals surface area contributed by atoms with Crippen molar-refractivity contribution in [2.45, 2.75) is 6.67 Å². The van der Waals surface area contributed by atoms with Crippen LogP contribution in [-0.2, 0) is 6.67 Å². The van der Waals surface area contributed by atoms with E-state index in [9.17, 15) is 19.3 Å². The summed E-state index contributed by atoms with van der Waals surface area (Å²) in [6.07, 6.45) is 1.68. The molecule has 0 amide bonds. The van der Waals surface area contributed by atoms with Gasteiger partial charge in [-0.2, -0.15) is 0 Å². The Labute approximate surface area is 156 Å². The number of non-ortho nitro benzene ring substituents is 1. The van der Waals surface area contributed by atoms with E-state index in [1.54, 1.807) is 35.2 Å². The fourth-order valence-corrected chi connectivity index (χ4v) is 3.75. The third-order valence-electron chi connectivity index (χ3n) is 4.15. The zero-order valence-corrected chi connectivity index (χ0v) is 14.7. The van der Waals surface area contributed by atoms with Crippen LogP contribution in [0.5, 0.6) is 0 Å². The Kier molecular flexibility index (Phi) is 4.28. The van der Waals surface area contributed by atoms with Crippen molar-refractivity contribution in [3.63, 3.8) is 0 Å². The van der Waals surface area contributed by atoms with Gasteiger partial charge in [-0.15, -0.1) is 0 Å². The fourth-order valence-electron chi connectivity index (χ4n) is 2.79. The lowest BCUT2D eigenvalue weighted by Crippen LogP contribution is -2.42. The van der Waals surface area contributed by atoms with E-state index in [1.807, 2.05) is 0 Å². The van der Waals surface area contributed by atoms with Crippen molar-refractivity contribution in [1.82, 2.24) is 4.57 Å². The zero-order valence-electron chi connectivity index (χ0n) is 13.9. The lowest BCUT2D eigenvalue weighted by molar-refractivity contribution is -0.384. The van der Waals surface area contributed by atoms with E-state index < -0.39 is 4.92 Å². The van der Waals surface area contributed by atoms with Crippen molar-refractivity contribution in [2.75, 3.05) is 11.6 Å². The number of benzene rings is 2. The molecule has 0 aliphatic carbocycles. The molecule has 0 saturated carbocycles. The van der Waals surface area contributed by atoms with Crippen LogP contribution < -0.4 is 19.8 Å². The predicted octanol–water partition coefficient (Wildman–Crippen LogP) is 1.84. The number of nitro benzene ring substituents is 1. The SMILES string of the molecule is O=c1c(=Cc2ccc([N+](=O)[O-])cc2)sc2n1CN(c1cccc(F)c1)CN=2. The van der Waals surface area contributed by atoms with Crippen LogP contribution in [0, 0.1) is 15.9 Å². The molecule has 27 heavy (non-hydrogen) atoms.